The quantitative estimate of drug-likeness (QED) is 0.357. The third-order valence-electron chi connectivity index (χ3n) is 5.38. The minimum Gasteiger partial charge on any atom is -0.494 e. The molecule has 2 heterocycles. The molecule has 0 bridgehead atoms. The van der Waals surface area contributed by atoms with Gasteiger partial charge in [-0.2, -0.15) is 4.98 Å². The van der Waals surface area contributed by atoms with Crippen LogP contribution in [-0.4, -0.2) is 45.7 Å². The molecule has 0 aliphatic heterocycles. The van der Waals surface area contributed by atoms with E-state index in [2.05, 4.69) is 56.8 Å². The van der Waals surface area contributed by atoms with E-state index in [0.717, 1.165) is 55.4 Å². The fourth-order valence-electron chi connectivity index (χ4n) is 3.61. The summed E-state index contributed by atoms with van der Waals surface area (Å²) in [5.41, 5.74) is 2.04. The number of nitrogens with zero attached hydrogens (tertiary/aromatic N) is 4. The Morgan fingerprint density at radius 1 is 0.968 bits per heavy atom. The van der Waals surface area contributed by atoms with Crippen LogP contribution in [0.5, 0.6) is 5.75 Å². The van der Waals surface area contributed by atoms with Crippen molar-refractivity contribution in [3.05, 3.63) is 73.1 Å². The van der Waals surface area contributed by atoms with Crippen molar-refractivity contribution < 1.29 is 4.74 Å². The Balaban J connectivity index is 1.37. The molecule has 0 fully saturated rings. The van der Waals surface area contributed by atoms with E-state index >= 15 is 0 Å². The molecular formula is C25H29N5O. The van der Waals surface area contributed by atoms with Crippen molar-refractivity contribution in [2.24, 2.45) is 0 Å². The van der Waals surface area contributed by atoms with Gasteiger partial charge in [0.15, 0.2) is 0 Å². The number of hydrogen-bond acceptors (Lipinski definition) is 5. The number of benzene rings is 2. The van der Waals surface area contributed by atoms with Crippen LogP contribution in [0.4, 0.5) is 11.6 Å². The normalized spacial score (nSPS) is 11.2. The molecule has 2 aromatic heterocycles. The number of rotatable bonds is 10. The zero-order chi connectivity index (χ0) is 21.5. The predicted molar refractivity (Wildman–Crippen MR) is 126 cm³/mol. The predicted octanol–water partition coefficient (Wildman–Crippen LogP) is 5.27. The van der Waals surface area contributed by atoms with Crippen LogP contribution >= 0.6 is 0 Å². The first-order chi connectivity index (χ1) is 15.3. The van der Waals surface area contributed by atoms with Crippen LogP contribution in [0.1, 0.15) is 20.3 Å². The van der Waals surface area contributed by atoms with Gasteiger partial charge in [0.2, 0.25) is 5.95 Å². The molecule has 0 radical (unpaired) electrons. The number of aromatic nitrogens is 3. The van der Waals surface area contributed by atoms with Gasteiger partial charge in [-0.1, -0.05) is 32.0 Å². The highest BCUT2D eigenvalue weighted by Crippen LogP contribution is 2.21. The lowest BCUT2D eigenvalue weighted by molar-refractivity contribution is 0.249. The van der Waals surface area contributed by atoms with E-state index in [9.17, 15) is 0 Å². The summed E-state index contributed by atoms with van der Waals surface area (Å²) in [6.07, 6.45) is 4.83. The van der Waals surface area contributed by atoms with Crippen molar-refractivity contribution >= 4 is 22.5 Å². The summed E-state index contributed by atoms with van der Waals surface area (Å²) in [5.74, 6) is 2.26. The maximum absolute atomic E-state index is 5.87. The van der Waals surface area contributed by atoms with Crippen LogP contribution in [0, 0.1) is 0 Å². The Hall–Kier alpha value is -3.38. The van der Waals surface area contributed by atoms with Gasteiger partial charge in [0.1, 0.15) is 11.6 Å². The van der Waals surface area contributed by atoms with Gasteiger partial charge in [0.25, 0.3) is 0 Å². The molecule has 4 rings (SSSR count). The van der Waals surface area contributed by atoms with Gasteiger partial charge in [-0.15, -0.1) is 0 Å². The third kappa shape index (κ3) is 5.22. The Bertz CT molecular complexity index is 1100. The maximum Gasteiger partial charge on any atom is 0.229 e. The molecule has 0 saturated carbocycles. The number of anilines is 2. The van der Waals surface area contributed by atoms with E-state index in [1.54, 1.807) is 6.20 Å². The molecule has 0 spiro atoms. The fourth-order valence-corrected chi connectivity index (χ4v) is 3.61. The summed E-state index contributed by atoms with van der Waals surface area (Å²) < 4.78 is 7.94. The molecule has 160 valence electrons. The van der Waals surface area contributed by atoms with Gasteiger partial charge >= 0.3 is 0 Å². The summed E-state index contributed by atoms with van der Waals surface area (Å²) in [4.78, 5) is 11.5. The lowest BCUT2D eigenvalue weighted by atomic mass is 10.2. The molecule has 0 unspecified atom stereocenters. The fraction of sp³-hybridized carbons (Fsp3) is 0.280. The van der Waals surface area contributed by atoms with Gasteiger partial charge < -0.3 is 19.5 Å². The molecule has 0 amide bonds. The summed E-state index contributed by atoms with van der Waals surface area (Å²) in [7, 11) is 0. The second kappa shape index (κ2) is 10.1. The van der Waals surface area contributed by atoms with Crippen LogP contribution in [0.3, 0.4) is 0 Å². The summed E-state index contributed by atoms with van der Waals surface area (Å²) in [5, 5.41) is 4.46. The highest BCUT2D eigenvalue weighted by atomic mass is 16.5. The van der Waals surface area contributed by atoms with Crippen molar-refractivity contribution in [1.29, 1.82) is 0 Å². The number of ether oxygens (including phenoxy) is 1. The number of para-hydroxylation sites is 1. The monoisotopic (exact) mass is 415 g/mol. The molecule has 0 aliphatic carbocycles. The topological polar surface area (TPSA) is 55.2 Å². The van der Waals surface area contributed by atoms with E-state index < -0.39 is 0 Å². The zero-order valence-corrected chi connectivity index (χ0v) is 18.2. The molecule has 6 heteroatoms. The SMILES string of the molecule is CCN(CC)CCCOc1ccc(Nc2nccc(-n3ccc4ccccc43)n2)cc1. The first kappa shape index (κ1) is 20.9. The van der Waals surface area contributed by atoms with Crippen LogP contribution in [0.25, 0.3) is 16.7 Å². The molecule has 0 saturated heterocycles. The molecule has 31 heavy (non-hydrogen) atoms. The average Bonchev–Trinajstić information content (AvgIpc) is 3.25. The van der Waals surface area contributed by atoms with Crippen LogP contribution < -0.4 is 10.1 Å². The van der Waals surface area contributed by atoms with Crippen molar-refractivity contribution in [3.8, 4) is 11.6 Å². The highest BCUT2D eigenvalue weighted by molar-refractivity contribution is 5.81. The Morgan fingerprint density at radius 2 is 1.77 bits per heavy atom. The minimum atomic E-state index is 0.558. The molecule has 4 aromatic rings. The van der Waals surface area contributed by atoms with E-state index in [0.29, 0.717) is 5.95 Å². The Kier molecular flexibility index (Phi) is 6.79. The Labute approximate surface area is 183 Å². The van der Waals surface area contributed by atoms with E-state index in [-0.39, 0.29) is 0 Å². The average molecular weight is 416 g/mol. The summed E-state index contributed by atoms with van der Waals surface area (Å²) in [6.45, 7) is 8.34. The third-order valence-corrected chi connectivity index (χ3v) is 5.38. The van der Waals surface area contributed by atoms with Crippen molar-refractivity contribution in [2.45, 2.75) is 20.3 Å². The van der Waals surface area contributed by atoms with Gasteiger partial charge in [-0.05, 0) is 67.4 Å². The van der Waals surface area contributed by atoms with E-state index in [1.807, 2.05) is 48.7 Å². The molecule has 0 aliphatic rings. The van der Waals surface area contributed by atoms with Crippen molar-refractivity contribution in [3.63, 3.8) is 0 Å². The van der Waals surface area contributed by atoms with Gasteiger partial charge in [0, 0.05) is 24.6 Å². The summed E-state index contributed by atoms with van der Waals surface area (Å²) in [6, 6.07) is 20.2. The second-order valence-electron chi connectivity index (χ2n) is 7.36. The lowest BCUT2D eigenvalue weighted by Crippen LogP contribution is -2.25. The largest absolute Gasteiger partial charge is 0.494 e. The molecule has 2 aromatic carbocycles. The smallest absolute Gasteiger partial charge is 0.229 e. The molecular weight excluding hydrogens is 386 g/mol. The van der Waals surface area contributed by atoms with Crippen LogP contribution in [0.15, 0.2) is 73.1 Å². The number of hydrogen-bond donors (Lipinski definition) is 1. The maximum atomic E-state index is 5.87. The second-order valence-corrected chi connectivity index (χ2v) is 7.36. The molecule has 1 N–H and O–H groups in total. The van der Waals surface area contributed by atoms with Gasteiger partial charge in [-0.3, -0.25) is 0 Å². The van der Waals surface area contributed by atoms with Gasteiger partial charge in [-0.25, -0.2) is 4.98 Å². The number of fused-ring (bicyclic) bond motifs is 1. The van der Waals surface area contributed by atoms with Crippen molar-refractivity contribution in [2.75, 3.05) is 31.6 Å². The first-order valence-electron chi connectivity index (χ1n) is 10.9. The standard InChI is InChI=1S/C25H29N5O/c1-3-29(4-2)17-7-19-31-22-12-10-21(11-13-22)27-25-26-16-14-24(28-25)30-18-15-20-8-5-6-9-23(20)30/h5-6,8-16,18H,3-4,7,17,19H2,1-2H3,(H,26,27,28). The number of nitrogens with one attached hydrogen (secondary N) is 1. The van der Waals surface area contributed by atoms with Crippen LogP contribution in [0.2, 0.25) is 0 Å². The Morgan fingerprint density at radius 3 is 2.58 bits per heavy atom. The first-order valence-corrected chi connectivity index (χ1v) is 10.9. The van der Waals surface area contributed by atoms with Crippen LogP contribution in [-0.2, 0) is 0 Å². The minimum absolute atomic E-state index is 0.558. The highest BCUT2D eigenvalue weighted by Gasteiger charge is 2.06. The lowest BCUT2D eigenvalue weighted by Gasteiger charge is -2.17. The van der Waals surface area contributed by atoms with Gasteiger partial charge in [0.05, 0.1) is 12.1 Å². The summed E-state index contributed by atoms with van der Waals surface area (Å²) >= 11 is 0. The van der Waals surface area contributed by atoms with E-state index in [1.165, 1.54) is 5.39 Å². The zero-order valence-electron chi connectivity index (χ0n) is 18.2. The van der Waals surface area contributed by atoms with E-state index in [4.69, 9.17) is 4.74 Å². The molecule has 6 nitrogen and oxygen atoms in total. The molecule has 0 atom stereocenters. The van der Waals surface area contributed by atoms with Crippen molar-refractivity contribution in [1.82, 2.24) is 19.4 Å².